The highest BCUT2D eigenvalue weighted by atomic mass is 79.9. The molecule has 1 atom stereocenters. The number of nitrogens with one attached hydrogen (secondary N) is 1. The van der Waals surface area contributed by atoms with Gasteiger partial charge in [0.25, 0.3) is 10.0 Å². The Hall–Kier alpha value is -3.38. The highest BCUT2D eigenvalue weighted by Crippen LogP contribution is 2.33. The van der Waals surface area contributed by atoms with E-state index in [1.807, 2.05) is 6.92 Å². The van der Waals surface area contributed by atoms with Crippen molar-refractivity contribution in [3.05, 3.63) is 94.0 Å². The molecule has 0 heterocycles. The maximum absolute atomic E-state index is 13.8. The second kappa shape index (κ2) is 13.5. The van der Waals surface area contributed by atoms with Gasteiger partial charge in [0.15, 0.2) is 0 Å². The van der Waals surface area contributed by atoms with Gasteiger partial charge in [-0.25, -0.2) is 8.42 Å². The lowest BCUT2D eigenvalue weighted by Gasteiger charge is -2.32. The van der Waals surface area contributed by atoms with Crippen LogP contribution in [0.3, 0.4) is 0 Å². The summed E-state index contributed by atoms with van der Waals surface area (Å²) in [5.74, 6) is -1.20. The molecule has 0 saturated carbocycles. The van der Waals surface area contributed by atoms with Crippen LogP contribution in [0.1, 0.15) is 37.0 Å². The number of rotatable bonds is 11. The molecular formula is C29H31BrF3N3O4S. The van der Waals surface area contributed by atoms with Gasteiger partial charge in [0, 0.05) is 17.6 Å². The van der Waals surface area contributed by atoms with Gasteiger partial charge in [-0.3, -0.25) is 13.9 Å². The fourth-order valence-electron chi connectivity index (χ4n) is 3.97. The number of aryl methyl sites for hydroxylation is 1. The van der Waals surface area contributed by atoms with Crippen LogP contribution >= 0.6 is 15.9 Å². The number of nitrogens with zero attached hydrogens (tertiary/aromatic N) is 2. The second-order valence-electron chi connectivity index (χ2n) is 9.49. The minimum Gasteiger partial charge on any atom is -0.354 e. The van der Waals surface area contributed by atoms with E-state index < -0.39 is 46.2 Å². The van der Waals surface area contributed by atoms with Crippen molar-refractivity contribution >= 4 is 43.5 Å². The minimum absolute atomic E-state index is 0.0339. The molecule has 0 aliphatic carbocycles. The van der Waals surface area contributed by atoms with Crippen LogP contribution in [0.4, 0.5) is 18.9 Å². The molecule has 0 aromatic heterocycles. The Kier molecular flexibility index (Phi) is 10.6. The number of carbonyl (C=O) groups is 2. The summed E-state index contributed by atoms with van der Waals surface area (Å²) in [5.41, 5.74) is 0.0490. The van der Waals surface area contributed by atoms with Crippen molar-refractivity contribution in [1.29, 1.82) is 0 Å². The number of halogens is 4. The van der Waals surface area contributed by atoms with Gasteiger partial charge in [0.1, 0.15) is 12.6 Å². The van der Waals surface area contributed by atoms with E-state index in [0.717, 1.165) is 22.2 Å². The molecule has 3 rings (SSSR count). The monoisotopic (exact) mass is 653 g/mol. The van der Waals surface area contributed by atoms with Crippen LogP contribution in [0.5, 0.6) is 0 Å². The average Bonchev–Trinajstić information content (AvgIpc) is 2.93. The summed E-state index contributed by atoms with van der Waals surface area (Å²) in [7, 11) is -4.49. The summed E-state index contributed by atoms with van der Waals surface area (Å²) in [5, 5.41) is 2.74. The Morgan fingerprint density at radius 3 is 2.22 bits per heavy atom. The summed E-state index contributed by atoms with van der Waals surface area (Å²) >= 11 is 3.35. The summed E-state index contributed by atoms with van der Waals surface area (Å²) in [6.07, 6.45) is -4.07. The summed E-state index contributed by atoms with van der Waals surface area (Å²) < 4.78 is 69.7. The van der Waals surface area contributed by atoms with E-state index in [2.05, 4.69) is 21.2 Å². The van der Waals surface area contributed by atoms with Gasteiger partial charge in [-0.05, 0) is 68.3 Å². The van der Waals surface area contributed by atoms with Gasteiger partial charge in [0.05, 0.1) is 16.1 Å². The summed E-state index contributed by atoms with van der Waals surface area (Å²) in [4.78, 5) is 27.8. The number of anilines is 1. The third-order valence-corrected chi connectivity index (χ3v) is 8.65. The maximum atomic E-state index is 13.8. The lowest BCUT2D eigenvalue weighted by molar-refractivity contribution is -0.139. The van der Waals surface area contributed by atoms with Gasteiger partial charge in [0.2, 0.25) is 11.8 Å². The van der Waals surface area contributed by atoms with E-state index in [9.17, 15) is 31.2 Å². The molecule has 0 aliphatic heterocycles. The molecule has 220 valence electrons. The molecule has 0 saturated heterocycles. The van der Waals surface area contributed by atoms with Gasteiger partial charge < -0.3 is 10.2 Å². The van der Waals surface area contributed by atoms with Crippen molar-refractivity contribution in [1.82, 2.24) is 10.2 Å². The largest absolute Gasteiger partial charge is 0.416 e. The van der Waals surface area contributed by atoms with Crippen molar-refractivity contribution in [3.63, 3.8) is 0 Å². The predicted molar refractivity (Wildman–Crippen MR) is 155 cm³/mol. The molecule has 0 bridgehead atoms. The standard InChI is InChI=1S/C29H31BrF3N3O4S/c1-4-16-34-28(38)21(3)35(18-22-10-12-24(30)13-11-22)27(37)19-36(25-7-5-6-23(17-25)29(31,32)33)41(39,40)26-14-8-20(2)9-15-26/h5-15,17,21H,4,16,18-19H2,1-3H3,(H,34,38). The van der Waals surface area contributed by atoms with Crippen LogP contribution in [0, 0.1) is 6.92 Å². The van der Waals surface area contributed by atoms with Crippen LogP contribution in [-0.2, 0) is 32.3 Å². The van der Waals surface area contributed by atoms with Gasteiger partial charge >= 0.3 is 6.18 Å². The van der Waals surface area contributed by atoms with Crippen LogP contribution in [-0.4, -0.2) is 44.3 Å². The van der Waals surface area contributed by atoms with Crippen molar-refractivity contribution in [2.24, 2.45) is 0 Å². The second-order valence-corrected chi connectivity index (χ2v) is 12.3. The van der Waals surface area contributed by atoms with Crippen molar-refractivity contribution in [2.45, 2.75) is 50.9 Å². The van der Waals surface area contributed by atoms with Crippen LogP contribution in [0.15, 0.2) is 82.2 Å². The minimum atomic E-state index is -4.74. The maximum Gasteiger partial charge on any atom is 0.416 e. The Morgan fingerprint density at radius 1 is 1.00 bits per heavy atom. The van der Waals surface area contributed by atoms with E-state index in [1.165, 1.54) is 30.0 Å². The normalized spacial score (nSPS) is 12.5. The SMILES string of the molecule is CCCNC(=O)C(C)N(Cc1ccc(Br)cc1)C(=O)CN(c1cccc(C(F)(F)F)c1)S(=O)(=O)c1ccc(C)cc1. The molecule has 0 radical (unpaired) electrons. The molecule has 0 aliphatic rings. The van der Waals surface area contributed by atoms with E-state index in [1.54, 1.807) is 43.3 Å². The molecule has 12 heteroatoms. The molecule has 1 N–H and O–H groups in total. The lowest BCUT2D eigenvalue weighted by Crippen LogP contribution is -2.51. The molecule has 3 aromatic rings. The molecule has 0 fully saturated rings. The van der Waals surface area contributed by atoms with Crippen molar-refractivity contribution < 1.29 is 31.2 Å². The zero-order valence-corrected chi connectivity index (χ0v) is 25.2. The summed E-state index contributed by atoms with van der Waals surface area (Å²) in [6, 6.07) is 15.6. The number of hydrogen-bond donors (Lipinski definition) is 1. The van der Waals surface area contributed by atoms with Gasteiger partial charge in [-0.15, -0.1) is 0 Å². The molecule has 41 heavy (non-hydrogen) atoms. The van der Waals surface area contributed by atoms with Crippen molar-refractivity contribution in [3.8, 4) is 0 Å². The lowest BCUT2D eigenvalue weighted by atomic mass is 10.1. The van der Waals surface area contributed by atoms with E-state index in [4.69, 9.17) is 0 Å². The quantitative estimate of drug-likeness (QED) is 0.279. The van der Waals surface area contributed by atoms with Crippen LogP contribution < -0.4 is 9.62 Å². The number of amides is 2. The first-order valence-electron chi connectivity index (χ1n) is 12.8. The first kappa shape index (κ1) is 32.1. The summed E-state index contributed by atoms with van der Waals surface area (Å²) in [6.45, 7) is 4.66. The Labute approximate surface area is 246 Å². The molecular weight excluding hydrogens is 623 g/mol. The fourth-order valence-corrected chi connectivity index (χ4v) is 5.64. The van der Waals surface area contributed by atoms with Crippen LogP contribution in [0.25, 0.3) is 0 Å². The Bertz CT molecular complexity index is 1460. The molecule has 7 nitrogen and oxygen atoms in total. The fraction of sp³-hybridized carbons (Fsp3) is 0.310. The zero-order valence-electron chi connectivity index (χ0n) is 22.8. The molecule has 1 unspecified atom stereocenters. The topological polar surface area (TPSA) is 86.8 Å². The molecule has 3 aromatic carbocycles. The third-order valence-electron chi connectivity index (χ3n) is 6.33. The highest BCUT2D eigenvalue weighted by Gasteiger charge is 2.35. The first-order chi connectivity index (χ1) is 19.2. The first-order valence-corrected chi connectivity index (χ1v) is 15.1. The van der Waals surface area contributed by atoms with E-state index in [0.29, 0.717) is 28.9 Å². The van der Waals surface area contributed by atoms with E-state index in [-0.39, 0.29) is 17.1 Å². The highest BCUT2D eigenvalue weighted by molar-refractivity contribution is 9.10. The predicted octanol–water partition coefficient (Wildman–Crippen LogP) is 5.92. The Balaban J connectivity index is 2.07. The number of carbonyl (C=O) groups excluding carboxylic acids is 2. The third kappa shape index (κ3) is 8.32. The average molecular weight is 655 g/mol. The number of benzene rings is 3. The van der Waals surface area contributed by atoms with Crippen LogP contribution in [0.2, 0.25) is 0 Å². The van der Waals surface area contributed by atoms with Gasteiger partial charge in [-0.1, -0.05) is 58.7 Å². The zero-order chi connectivity index (χ0) is 30.4. The smallest absolute Gasteiger partial charge is 0.354 e. The molecule has 2 amide bonds. The molecule has 0 spiro atoms. The number of hydrogen-bond acceptors (Lipinski definition) is 4. The Morgan fingerprint density at radius 2 is 1.63 bits per heavy atom. The number of sulfonamides is 1. The van der Waals surface area contributed by atoms with Gasteiger partial charge in [-0.2, -0.15) is 13.2 Å². The van der Waals surface area contributed by atoms with E-state index >= 15 is 0 Å². The van der Waals surface area contributed by atoms with Crippen molar-refractivity contribution in [2.75, 3.05) is 17.4 Å². The number of alkyl halides is 3.